The van der Waals surface area contributed by atoms with Gasteiger partial charge >= 0.3 is 5.97 Å². The van der Waals surface area contributed by atoms with Crippen LogP contribution in [0.3, 0.4) is 0 Å². The number of aryl methyl sites for hydroxylation is 1. The van der Waals surface area contributed by atoms with Crippen molar-refractivity contribution in [1.82, 2.24) is 9.78 Å². The molecule has 0 saturated heterocycles. The number of aromatic carboxylic acids is 1. The van der Waals surface area contributed by atoms with Gasteiger partial charge in [0.2, 0.25) is 0 Å². The summed E-state index contributed by atoms with van der Waals surface area (Å²) in [6.07, 6.45) is 1.53. The second-order valence-electron chi connectivity index (χ2n) is 4.40. The molecule has 1 heterocycles. The van der Waals surface area contributed by atoms with Crippen molar-refractivity contribution in [3.05, 3.63) is 54.2 Å². The van der Waals surface area contributed by atoms with Gasteiger partial charge in [0.1, 0.15) is 11.3 Å². The summed E-state index contributed by atoms with van der Waals surface area (Å²) in [6.45, 7) is 0. The Kier molecular flexibility index (Phi) is 2.56. The molecule has 4 heteroatoms. The Balaban J connectivity index is 2.33. The maximum absolute atomic E-state index is 11.3. The highest BCUT2D eigenvalue weighted by atomic mass is 16.4. The minimum Gasteiger partial charge on any atom is -0.478 e. The van der Waals surface area contributed by atoms with E-state index in [9.17, 15) is 9.90 Å². The standard InChI is InChI=1S/C15H12N2O2/c1-17-9-13(15(18)19)14(16-17)12-8-4-6-10-5-2-3-7-11(10)12/h2-9H,1H3,(H,18,19). The Morgan fingerprint density at radius 3 is 2.68 bits per heavy atom. The van der Waals surface area contributed by atoms with Gasteiger partial charge in [0.15, 0.2) is 0 Å². The third-order valence-electron chi connectivity index (χ3n) is 3.10. The quantitative estimate of drug-likeness (QED) is 0.763. The third-order valence-corrected chi connectivity index (χ3v) is 3.10. The van der Waals surface area contributed by atoms with Crippen LogP contribution in [0.1, 0.15) is 10.4 Å². The van der Waals surface area contributed by atoms with E-state index in [4.69, 9.17) is 0 Å². The van der Waals surface area contributed by atoms with Crippen LogP contribution >= 0.6 is 0 Å². The van der Waals surface area contributed by atoms with Crippen molar-refractivity contribution in [2.45, 2.75) is 0 Å². The van der Waals surface area contributed by atoms with Crippen LogP contribution in [0.25, 0.3) is 22.0 Å². The van der Waals surface area contributed by atoms with Gasteiger partial charge in [-0.3, -0.25) is 4.68 Å². The van der Waals surface area contributed by atoms with E-state index in [1.54, 1.807) is 7.05 Å². The summed E-state index contributed by atoms with van der Waals surface area (Å²) in [5.41, 5.74) is 1.57. The van der Waals surface area contributed by atoms with Crippen LogP contribution in [-0.4, -0.2) is 20.9 Å². The van der Waals surface area contributed by atoms with Crippen LogP contribution in [0, 0.1) is 0 Å². The van der Waals surface area contributed by atoms with Gasteiger partial charge in [0, 0.05) is 18.8 Å². The molecule has 0 radical (unpaired) electrons. The predicted molar refractivity (Wildman–Crippen MR) is 73.1 cm³/mol. The monoisotopic (exact) mass is 252 g/mol. The summed E-state index contributed by atoms with van der Waals surface area (Å²) in [6, 6.07) is 13.7. The van der Waals surface area contributed by atoms with Crippen LogP contribution in [0.5, 0.6) is 0 Å². The van der Waals surface area contributed by atoms with E-state index in [0.29, 0.717) is 5.69 Å². The van der Waals surface area contributed by atoms with Gasteiger partial charge in [-0.1, -0.05) is 42.5 Å². The molecule has 94 valence electrons. The predicted octanol–water partition coefficient (Wildman–Crippen LogP) is 2.94. The number of hydrogen-bond acceptors (Lipinski definition) is 2. The minimum absolute atomic E-state index is 0.221. The normalized spacial score (nSPS) is 10.8. The first-order valence-corrected chi connectivity index (χ1v) is 5.92. The molecule has 1 N–H and O–H groups in total. The number of nitrogens with zero attached hydrogens (tertiary/aromatic N) is 2. The Labute approximate surface area is 109 Å². The molecule has 0 aliphatic carbocycles. The number of carbonyl (C=O) groups is 1. The van der Waals surface area contributed by atoms with Crippen LogP contribution in [0.15, 0.2) is 48.7 Å². The molecule has 2 aromatic carbocycles. The zero-order valence-electron chi connectivity index (χ0n) is 10.4. The molecule has 0 bridgehead atoms. The molecule has 0 saturated carbocycles. The molecule has 0 spiro atoms. The number of carboxylic acid groups (broad SMARTS) is 1. The number of carboxylic acids is 1. The topological polar surface area (TPSA) is 55.1 Å². The van der Waals surface area contributed by atoms with Gasteiger partial charge in [-0.05, 0) is 10.8 Å². The van der Waals surface area contributed by atoms with Gasteiger partial charge in [-0.15, -0.1) is 0 Å². The Morgan fingerprint density at radius 1 is 1.16 bits per heavy atom. The summed E-state index contributed by atoms with van der Waals surface area (Å²) >= 11 is 0. The largest absolute Gasteiger partial charge is 0.478 e. The number of aromatic nitrogens is 2. The van der Waals surface area contributed by atoms with Gasteiger partial charge < -0.3 is 5.11 Å². The van der Waals surface area contributed by atoms with E-state index >= 15 is 0 Å². The van der Waals surface area contributed by atoms with Crippen molar-refractivity contribution in [1.29, 1.82) is 0 Å². The van der Waals surface area contributed by atoms with Crippen LogP contribution in [-0.2, 0) is 7.05 Å². The first-order chi connectivity index (χ1) is 9.16. The zero-order valence-corrected chi connectivity index (χ0v) is 10.4. The van der Waals surface area contributed by atoms with E-state index in [-0.39, 0.29) is 5.56 Å². The fraction of sp³-hybridized carbons (Fsp3) is 0.0667. The van der Waals surface area contributed by atoms with E-state index < -0.39 is 5.97 Å². The zero-order chi connectivity index (χ0) is 13.4. The fourth-order valence-corrected chi connectivity index (χ4v) is 2.28. The fourth-order valence-electron chi connectivity index (χ4n) is 2.28. The summed E-state index contributed by atoms with van der Waals surface area (Å²) < 4.78 is 1.53. The molecule has 4 nitrogen and oxygen atoms in total. The van der Waals surface area contributed by atoms with Gasteiger partial charge in [0.25, 0.3) is 0 Å². The first-order valence-electron chi connectivity index (χ1n) is 5.92. The average Bonchev–Trinajstić information content (AvgIpc) is 2.80. The smallest absolute Gasteiger partial charge is 0.339 e. The van der Waals surface area contributed by atoms with Crippen molar-refractivity contribution in [3.63, 3.8) is 0 Å². The van der Waals surface area contributed by atoms with E-state index in [1.807, 2.05) is 42.5 Å². The number of hydrogen-bond donors (Lipinski definition) is 1. The van der Waals surface area contributed by atoms with Gasteiger partial charge in [-0.25, -0.2) is 4.79 Å². The lowest BCUT2D eigenvalue weighted by atomic mass is 10.0. The van der Waals surface area contributed by atoms with Crippen molar-refractivity contribution in [2.75, 3.05) is 0 Å². The van der Waals surface area contributed by atoms with E-state index in [0.717, 1.165) is 16.3 Å². The Morgan fingerprint density at radius 2 is 1.89 bits per heavy atom. The number of rotatable bonds is 2. The average molecular weight is 252 g/mol. The molecular formula is C15H12N2O2. The number of benzene rings is 2. The highest BCUT2D eigenvalue weighted by molar-refractivity contribution is 6.02. The Bertz CT molecular complexity index is 769. The highest BCUT2D eigenvalue weighted by Crippen LogP contribution is 2.29. The summed E-state index contributed by atoms with van der Waals surface area (Å²) in [7, 11) is 1.72. The summed E-state index contributed by atoms with van der Waals surface area (Å²) in [5, 5.41) is 15.6. The number of fused-ring (bicyclic) bond motifs is 1. The second kappa shape index (κ2) is 4.24. The maximum atomic E-state index is 11.3. The van der Waals surface area contributed by atoms with Crippen molar-refractivity contribution in [2.24, 2.45) is 7.05 Å². The lowest BCUT2D eigenvalue weighted by molar-refractivity contribution is 0.0697. The first kappa shape index (κ1) is 11.5. The van der Waals surface area contributed by atoms with Crippen LogP contribution in [0.2, 0.25) is 0 Å². The summed E-state index contributed by atoms with van der Waals surface area (Å²) in [4.78, 5) is 11.3. The molecular weight excluding hydrogens is 240 g/mol. The molecule has 0 amide bonds. The van der Waals surface area contributed by atoms with Crippen molar-refractivity contribution < 1.29 is 9.90 Å². The summed E-state index contributed by atoms with van der Waals surface area (Å²) in [5.74, 6) is -0.962. The van der Waals surface area contributed by atoms with Crippen LogP contribution in [0.4, 0.5) is 0 Å². The van der Waals surface area contributed by atoms with E-state index in [1.165, 1.54) is 10.9 Å². The molecule has 0 fully saturated rings. The lowest BCUT2D eigenvalue weighted by Crippen LogP contribution is -1.97. The molecule has 1 aromatic heterocycles. The molecule has 3 rings (SSSR count). The van der Waals surface area contributed by atoms with Gasteiger partial charge in [0.05, 0.1) is 0 Å². The van der Waals surface area contributed by atoms with E-state index in [2.05, 4.69) is 5.10 Å². The minimum atomic E-state index is -0.962. The van der Waals surface area contributed by atoms with Gasteiger partial charge in [-0.2, -0.15) is 5.10 Å². The SMILES string of the molecule is Cn1cc(C(=O)O)c(-c2cccc3ccccc23)n1. The third kappa shape index (κ3) is 1.87. The molecule has 0 aliphatic heterocycles. The second-order valence-corrected chi connectivity index (χ2v) is 4.40. The molecule has 0 atom stereocenters. The molecule has 0 aliphatic rings. The highest BCUT2D eigenvalue weighted by Gasteiger charge is 2.17. The van der Waals surface area contributed by atoms with Crippen LogP contribution < -0.4 is 0 Å². The maximum Gasteiger partial charge on any atom is 0.339 e. The van der Waals surface area contributed by atoms with Crippen molar-refractivity contribution >= 4 is 16.7 Å². The Hall–Kier alpha value is -2.62. The van der Waals surface area contributed by atoms with Crippen molar-refractivity contribution in [3.8, 4) is 11.3 Å². The molecule has 0 unspecified atom stereocenters. The molecule has 19 heavy (non-hydrogen) atoms. The lowest BCUT2D eigenvalue weighted by Gasteiger charge is -2.04. The molecule has 3 aromatic rings.